The number of nitrogens with zero attached hydrogens (tertiary/aromatic N) is 3. The third-order valence-electron chi connectivity index (χ3n) is 4.66. The van der Waals surface area contributed by atoms with Crippen LogP contribution >= 0.6 is 0 Å². The zero-order valence-electron chi connectivity index (χ0n) is 16.3. The molecule has 0 unspecified atom stereocenters. The van der Waals surface area contributed by atoms with Gasteiger partial charge in [-0.15, -0.1) is 0 Å². The number of aromatic amines is 2. The van der Waals surface area contributed by atoms with Crippen molar-refractivity contribution in [3.8, 4) is 0 Å². The molecule has 0 aliphatic rings. The number of H-pyrrole nitrogens is 2. The lowest BCUT2D eigenvalue weighted by Crippen LogP contribution is -2.28. The summed E-state index contributed by atoms with van der Waals surface area (Å²) in [4.78, 5) is 18.0. The number of unbranched alkanes of at least 4 members (excludes halogenated alkanes) is 3. The van der Waals surface area contributed by atoms with Crippen LogP contribution in [0.1, 0.15) is 68.5 Å². The molecule has 0 fully saturated rings. The van der Waals surface area contributed by atoms with Crippen LogP contribution < -0.4 is 0 Å². The summed E-state index contributed by atoms with van der Waals surface area (Å²) in [6.07, 6.45) is 13.9. The summed E-state index contributed by atoms with van der Waals surface area (Å²) in [6.45, 7) is 9.85. The molecule has 0 atom stereocenters. The van der Waals surface area contributed by atoms with Gasteiger partial charge in [0.05, 0.1) is 11.4 Å². The Labute approximate surface area is 152 Å². The average molecular weight is 346 g/mol. The quantitative estimate of drug-likeness (QED) is 0.535. The van der Waals surface area contributed by atoms with Crippen LogP contribution in [0.3, 0.4) is 0 Å². The smallest absolute Gasteiger partial charge is 0.103 e. The van der Waals surface area contributed by atoms with Crippen LogP contribution in [0.5, 0.6) is 0 Å². The van der Waals surface area contributed by atoms with E-state index in [4.69, 9.17) is 0 Å². The molecule has 0 spiro atoms. The van der Waals surface area contributed by atoms with Gasteiger partial charge in [0, 0.05) is 12.4 Å². The number of hydrogen-bond acceptors (Lipinski definition) is 3. The first-order chi connectivity index (χ1) is 12.2. The second kappa shape index (κ2) is 11.1. The molecule has 25 heavy (non-hydrogen) atoms. The molecule has 0 saturated carbocycles. The number of nitrogens with one attached hydrogen (secondary N) is 2. The molecule has 2 aromatic rings. The molecule has 2 N–H and O–H groups in total. The zero-order valence-corrected chi connectivity index (χ0v) is 16.3. The second-order valence-electron chi connectivity index (χ2n) is 7.06. The van der Waals surface area contributed by atoms with Crippen molar-refractivity contribution >= 4 is 0 Å². The largest absolute Gasteiger partial charge is 0.349 e. The van der Waals surface area contributed by atoms with Crippen LogP contribution in [0.2, 0.25) is 0 Å². The third kappa shape index (κ3) is 7.86. The van der Waals surface area contributed by atoms with Crippen LogP contribution in [-0.2, 0) is 12.8 Å². The van der Waals surface area contributed by atoms with E-state index in [1.54, 1.807) is 0 Å². The van der Waals surface area contributed by atoms with Crippen molar-refractivity contribution in [3.63, 3.8) is 0 Å². The average Bonchev–Trinajstić information content (AvgIpc) is 3.19. The fourth-order valence-corrected chi connectivity index (χ4v) is 3.26. The van der Waals surface area contributed by atoms with Gasteiger partial charge in [0.15, 0.2) is 0 Å². The van der Waals surface area contributed by atoms with E-state index >= 15 is 0 Å². The first-order valence-electron chi connectivity index (χ1n) is 9.91. The highest BCUT2D eigenvalue weighted by Crippen LogP contribution is 2.07. The molecule has 5 heteroatoms. The van der Waals surface area contributed by atoms with Crippen LogP contribution in [0, 0.1) is 13.8 Å². The Morgan fingerprint density at radius 2 is 1.28 bits per heavy atom. The van der Waals surface area contributed by atoms with Crippen molar-refractivity contribution in [1.82, 2.24) is 24.8 Å². The van der Waals surface area contributed by atoms with Crippen molar-refractivity contribution in [2.45, 2.75) is 72.1 Å². The maximum Gasteiger partial charge on any atom is 0.103 e. The molecule has 2 heterocycles. The number of hydrogen-bond donors (Lipinski definition) is 2. The molecule has 0 aromatic carbocycles. The van der Waals surface area contributed by atoms with Gasteiger partial charge < -0.3 is 14.9 Å². The minimum Gasteiger partial charge on any atom is -0.349 e. The monoisotopic (exact) mass is 345 g/mol. The lowest BCUT2D eigenvalue weighted by molar-refractivity contribution is 0.260. The maximum atomic E-state index is 4.51. The molecule has 0 saturated heterocycles. The van der Waals surface area contributed by atoms with Crippen molar-refractivity contribution in [2.75, 3.05) is 19.6 Å². The summed E-state index contributed by atoms with van der Waals surface area (Å²) in [6, 6.07) is 0. The van der Waals surface area contributed by atoms with Gasteiger partial charge >= 0.3 is 0 Å². The van der Waals surface area contributed by atoms with Crippen LogP contribution in [0.15, 0.2) is 12.4 Å². The molecule has 0 radical (unpaired) electrons. The summed E-state index contributed by atoms with van der Waals surface area (Å²) >= 11 is 0. The lowest BCUT2D eigenvalue weighted by Gasteiger charge is -2.22. The SMILES string of the molecule is CCCCCCN(CCCc1c[nH]c(C)n1)CCCc1c[nH]c(C)n1. The summed E-state index contributed by atoms with van der Waals surface area (Å²) < 4.78 is 0. The highest BCUT2D eigenvalue weighted by Gasteiger charge is 2.07. The Morgan fingerprint density at radius 3 is 1.72 bits per heavy atom. The van der Waals surface area contributed by atoms with Gasteiger partial charge in [-0.05, 0) is 65.6 Å². The topological polar surface area (TPSA) is 60.6 Å². The van der Waals surface area contributed by atoms with Crippen molar-refractivity contribution in [2.24, 2.45) is 0 Å². The van der Waals surface area contributed by atoms with Gasteiger partial charge in [0.25, 0.3) is 0 Å². The van der Waals surface area contributed by atoms with Crippen LogP contribution in [0.25, 0.3) is 0 Å². The standard InChI is InChI=1S/C20H35N5/c1-4-5-6-7-12-25(13-8-10-19-15-21-17(2)23-19)14-9-11-20-16-22-18(3)24-20/h15-16H,4-14H2,1-3H3,(H,21,23)(H,22,24). The Balaban J connectivity index is 1.70. The number of aromatic nitrogens is 4. The summed E-state index contributed by atoms with van der Waals surface area (Å²) in [5.41, 5.74) is 2.38. The van der Waals surface area contributed by atoms with Crippen molar-refractivity contribution in [1.29, 1.82) is 0 Å². The van der Waals surface area contributed by atoms with Gasteiger partial charge in [-0.2, -0.15) is 0 Å². The fourth-order valence-electron chi connectivity index (χ4n) is 3.26. The summed E-state index contributed by atoms with van der Waals surface area (Å²) in [5.74, 6) is 2.03. The van der Waals surface area contributed by atoms with Crippen LogP contribution in [0.4, 0.5) is 0 Å². The van der Waals surface area contributed by atoms with Gasteiger partial charge in [-0.25, -0.2) is 9.97 Å². The highest BCUT2D eigenvalue weighted by molar-refractivity contribution is 5.00. The highest BCUT2D eigenvalue weighted by atomic mass is 15.1. The predicted octanol–water partition coefficient (Wildman–Crippen LogP) is 4.20. The van der Waals surface area contributed by atoms with E-state index < -0.39 is 0 Å². The van der Waals surface area contributed by atoms with Gasteiger partial charge in [-0.3, -0.25) is 0 Å². The lowest BCUT2D eigenvalue weighted by atomic mass is 10.1. The summed E-state index contributed by atoms with van der Waals surface area (Å²) in [7, 11) is 0. The minimum atomic E-state index is 1.01. The van der Waals surface area contributed by atoms with Gasteiger partial charge in [0.2, 0.25) is 0 Å². The maximum absolute atomic E-state index is 4.51. The Kier molecular flexibility index (Phi) is 8.73. The fraction of sp³-hybridized carbons (Fsp3) is 0.700. The Bertz CT molecular complexity index is 540. The van der Waals surface area contributed by atoms with Gasteiger partial charge in [-0.1, -0.05) is 26.2 Å². The Hall–Kier alpha value is -1.62. The second-order valence-corrected chi connectivity index (χ2v) is 7.06. The molecule has 0 bridgehead atoms. The van der Waals surface area contributed by atoms with Crippen molar-refractivity contribution < 1.29 is 0 Å². The molecule has 2 aromatic heterocycles. The van der Waals surface area contributed by atoms with E-state index in [1.165, 1.54) is 56.5 Å². The number of imidazole rings is 2. The molecule has 0 aliphatic carbocycles. The summed E-state index contributed by atoms with van der Waals surface area (Å²) in [5, 5.41) is 0. The molecule has 5 nitrogen and oxygen atoms in total. The predicted molar refractivity (Wildman–Crippen MR) is 104 cm³/mol. The van der Waals surface area contributed by atoms with E-state index in [0.717, 1.165) is 37.6 Å². The molecule has 140 valence electrons. The minimum absolute atomic E-state index is 1.01. The van der Waals surface area contributed by atoms with E-state index in [2.05, 4.69) is 31.8 Å². The first-order valence-corrected chi connectivity index (χ1v) is 9.91. The van der Waals surface area contributed by atoms with Crippen LogP contribution in [-0.4, -0.2) is 44.5 Å². The number of rotatable bonds is 13. The number of aryl methyl sites for hydroxylation is 4. The van der Waals surface area contributed by atoms with E-state index in [0.29, 0.717) is 0 Å². The molecule has 0 amide bonds. The third-order valence-corrected chi connectivity index (χ3v) is 4.66. The van der Waals surface area contributed by atoms with E-state index in [1.807, 2.05) is 26.2 Å². The molecular formula is C20H35N5. The van der Waals surface area contributed by atoms with E-state index in [-0.39, 0.29) is 0 Å². The molecular weight excluding hydrogens is 310 g/mol. The normalized spacial score (nSPS) is 11.5. The zero-order chi connectivity index (χ0) is 17.9. The van der Waals surface area contributed by atoms with Crippen molar-refractivity contribution in [3.05, 3.63) is 35.4 Å². The molecule has 0 aliphatic heterocycles. The van der Waals surface area contributed by atoms with Gasteiger partial charge in [0.1, 0.15) is 11.6 Å². The Morgan fingerprint density at radius 1 is 0.760 bits per heavy atom. The first kappa shape index (κ1) is 19.7. The molecule has 2 rings (SSSR count). The van der Waals surface area contributed by atoms with E-state index in [9.17, 15) is 0 Å².